The molecule has 1 N–H and O–H groups in total. The Morgan fingerprint density at radius 1 is 1.10 bits per heavy atom. The smallest absolute Gasteiger partial charge is 0.236 e. The molecule has 4 rings (SSSR count). The predicted molar refractivity (Wildman–Crippen MR) is 129 cm³/mol. The molecule has 2 aliphatic heterocycles. The average Bonchev–Trinajstić information content (AvgIpc) is 2.75. The van der Waals surface area contributed by atoms with Crippen molar-refractivity contribution in [3.05, 3.63) is 65.5 Å². The molecule has 1 amide bonds. The van der Waals surface area contributed by atoms with Gasteiger partial charge in [-0.05, 0) is 24.1 Å². The molecule has 8 heteroatoms. The van der Waals surface area contributed by atoms with E-state index in [1.807, 2.05) is 17.2 Å². The van der Waals surface area contributed by atoms with Crippen LogP contribution in [-0.2, 0) is 11.3 Å². The zero-order chi connectivity index (χ0) is 20.1. The summed E-state index contributed by atoms with van der Waals surface area (Å²) in [6.07, 6.45) is 3.71. The van der Waals surface area contributed by atoms with Crippen molar-refractivity contribution in [1.82, 2.24) is 25.0 Å². The quantitative estimate of drug-likeness (QED) is 0.734. The van der Waals surface area contributed by atoms with Crippen LogP contribution in [0.4, 0.5) is 0 Å². The van der Waals surface area contributed by atoms with Crippen molar-refractivity contribution >= 4 is 30.7 Å². The van der Waals surface area contributed by atoms with E-state index in [0.717, 1.165) is 52.4 Å². The van der Waals surface area contributed by atoms with Crippen molar-refractivity contribution in [3.8, 4) is 0 Å². The van der Waals surface area contributed by atoms with Gasteiger partial charge < -0.3 is 10.2 Å². The minimum absolute atomic E-state index is 0. The molecule has 0 bridgehead atoms. The largest absolute Gasteiger partial charge is 0.339 e. The fourth-order valence-corrected chi connectivity index (χ4v) is 4.34. The first-order chi connectivity index (χ1) is 14.2. The summed E-state index contributed by atoms with van der Waals surface area (Å²) >= 11 is 0. The van der Waals surface area contributed by atoms with E-state index in [1.54, 1.807) is 6.20 Å². The van der Waals surface area contributed by atoms with Gasteiger partial charge >= 0.3 is 0 Å². The first-order valence-electron chi connectivity index (χ1n) is 10.6. The number of pyridine rings is 1. The highest BCUT2D eigenvalue weighted by molar-refractivity contribution is 5.85. The Balaban J connectivity index is 0.00000171. The summed E-state index contributed by atoms with van der Waals surface area (Å²) in [4.78, 5) is 24.0. The summed E-state index contributed by atoms with van der Waals surface area (Å²) in [6, 6.07) is 13.0. The lowest BCUT2D eigenvalue weighted by Gasteiger charge is -2.39. The molecule has 6 nitrogen and oxygen atoms in total. The molecule has 0 aliphatic carbocycles. The molecular weight excluding hydrogens is 433 g/mol. The van der Waals surface area contributed by atoms with Gasteiger partial charge in [0.05, 0.1) is 6.54 Å². The van der Waals surface area contributed by atoms with Gasteiger partial charge in [0.2, 0.25) is 5.91 Å². The third-order valence-electron chi connectivity index (χ3n) is 5.98. The summed E-state index contributed by atoms with van der Waals surface area (Å²) in [5, 5.41) is 3.45. The van der Waals surface area contributed by atoms with Crippen LogP contribution in [0, 0.1) is 6.92 Å². The number of hydrogen-bond donors (Lipinski definition) is 1. The lowest BCUT2D eigenvalue weighted by Crippen LogP contribution is -2.53. The maximum atomic E-state index is 13.0. The van der Waals surface area contributed by atoms with Gasteiger partial charge in [0.25, 0.3) is 0 Å². The number of amides is 1. The number of carbonyl (C=O) groups is 1. The van der Waals surface area contributed by atoms with Gasteiger partial charge in [0.15, 0.2) is 0 Å². The van der Waals surface area contributed by atoms with Crippen LogP contribution in [0.2, 0.25) is 0 Å². The molecule has 170 valence electrons. The summed E-state index contributed by atoms with van der Waals surface area (Å²) < 4.78 is 0. The van der Waals surface area contributed by atoms with Gasteiger partial charge in [-0.1, -0.05) is 35.9 Å². The van der Waals surface area contributed by atoms with Crippen LogP contribution in [0.25, 0.3) is 0 Å². The van der Waals surface area contributed by atoms with Gasteiger partial charge in [-0.2, -0.15) is 0 Å². The first-order valence-corrected chi connectivity index (χ1v) is 10.6. The minimum Gasteiger partial charge on any atom is -0.339 e. The summed E-state index contributed by atoms with van der Waals surface area (Å²) in [5.41, 5.74) is 3.83. The van der Waals surface area contributed by atoms with Crippen molar-refractivity contribution in [2.75, 3.05) is 52.4 Å². The molecular formula is C23H33Cl2N5O. The SMILES string of the molecule is Cc1cccc(CN2CCN(C(=O)CN3CCNCC3c3cccnc3)CC2)c1.Cl.Cl. The van der Waals surface area contributed by atoms with E-state index >= 15 is 0 Å². The lowest BCUT2D eigenvalue weighted by atomic mass is 10.1. The van der Waals surface area contributed by atoms with E-state index in [2.05, 4.69) is 57.4 Å². The molecule has 0 radical (unpaired) electrons. The van der Waals surface area contributed by atoms with Crippen LogP contribution in [0.1, 0.15) is 22.7 Å². The number of nitrogens with one attached hydrogen (secondary N) is 1. The van der Waals surface area contributed by atoms with Crippen LogP contribution in [0.3, 0.4) is 0 Å². The second-order valence-electron chi connectivity index (χ2n) is 8.12. The number of rotatable bonds is 5. The number of carbonyl (C=O) groups excluding carboxylic acids is 1. The Labute approximate surface area is 197 Å². The number of halogens is 2. The minimum atomic E-state index is 0. The Kier molecular flexibility index (Phi) is 10.2. The number of nitrogens with zero attached hydrogens (tertiary/aromatic N) is 4. The number of piperazine rings is 2. The Hall–Kier alpha value is -1.70. The van der Waals surface area contributed by atoms with Gasteiger partial charge in [0, 0.05) is 70.8 Å². The third kappa shape index (κ3) is 6.89. The van der Waals surface area contributed by atoms with Crippen LogP contribution >= 0.6 is 24.8 Å². The highest BCUT2D eigenvalue weighted by Gasteiger charge is 2.28. The molecule has 0 spiro atoms. The molecule has 1 aromatic heterocycles. The van der Waals surface area contributed by atoms with E-state index in [0.29, 0.717) is 6.54 Å². The second kappa shape index (κ2) is 12.4. The van der Waals surface area contributed by atoms with E-state index in [-0.39, 0.29) is 36.8 Å². The highest BCUT2D eigenvalue weighted by atomic mass is 35.5. The van der Waals surface area contributed by atoms with Gasteiger partial charge in [0.1, 0.15) is 0 Å². The number of benzene rings is 1. The second-order valence-corrected chi connectivity index (χ2v) is 8.12. The van der Waals surface area contributed by atoms with Gasteiger partial charge in [-0.15, -0.1) is 24.8 Å². The standard InChI is InChI=1S/C23H31N5O.2ClH/c1-19-4-2-5-20(14-19)17-26-10-12-27(13-11-26)23(29)18-28-9-8-25-16-22(28)21-6-3-7-24-15-21;;/h2-7,14-15,22,25H,8-13,16-18H2,1H3;2*1H. The van der Waals surface area contributed by atoms with Crippen LogP contribution in [0.15, 0.2) is 48.8 Å². The Morgan fingerprint density at radius 2 is 1.90 bits per heavy atom. The van der Waals surface area contributed by atoms with Gasteiger partial charge in [-0.25, -0.2) is 0 Å². The summed E-state index contributed by atoms with van der Waals surface area (Å²) in [6.45, 7) is 9.76. The fourth-order valence-electron chi connectivity index (χ4n) is 4.34. The van der Waals surface area contributed by atoms with Crippen LogP contribution < -0.4 is 5.32 Å². The van der Waals surface area contributed by atoms with E-state index in [4.69, 9.17) is 0 Å². The molecule has 3 heterocycles. The lowest BCUT2D eigenvalue weighted by molar-refractivity contribution is -0.135. The zero-order valence-corrected chi connectivity index (χ0v) is 19.7. The number of aryl methyl sites for hydroxylation is 1. The first kappa shape index (κ1) is 25.6. The molecule has 2 fully saturated rings. The molecule has 1 unspecified atom stereocenters. The Morgan fingerprint density at radius 3 is 2.61 bits per heavy atom. The molecule has 2 saturated heterocycles. The van der Waals surface area contributed by atoms with E-state index in [1.165, 1.54) is 16.7 Å². The molecule has 1 aromatic carbocycles. The van der Waals surface area contributed by atoms with Crippen LogP contribution in [-0.4, -0.2) is 77.9 Å². The van der Waals surface area contributed by atoms with Crippen molar-refractivity contribution in [2.45, 2.75) is 19.5 Å². The maximum absolute atomic E-state index is 13.0. The summed E-state index contributed by atoms with van der Waals surface area (Å²) in [7, 11) is 0. The molecule has 1 atom stereocenters. The molecule has 2 aliphatic rings. The fraction of sp³-hybridized carbons (Fsp3) is 0.478. The Bertz CT molecular complexity index is 815. The average molecular weight is 466 g/mol. The zero-order valence-electron chi connectivity index (χ0n) is 18.1. The number of hydrogen-bond acceptors (Lipinski definition) is 5. The molecule has 0 saturated carbocycles. The van der Waals surface area contributed by atoms with E-state index < -0.39 is 0 Å². The third-order valence-corrected chi connectivity index (χ3v) is 5.98. The van der Waals surface area contributed by atoms with Crippen molar-refractivity contribution < 1.29 is 4.79 Å². The topological polar surface area (TPSA) is 51.7 Å². The van der Waals surface area contributed by atoms with Crippen LogP contribution in [0.5, 0.6) is 0 Å². The van der Waals surface area contributed by atoms with Crippen molar-refractivity contribution in [2.24, 2.45) is 0 Å². The normalized spacial score (nSPS) is 19.9. The van der Waals surface area contributed by atoms with Gasteiger partial charge in [-0.3, -0.25) is 19.6 Å². The molecule has 2 aromatic rings. The maximum Gasteiger partial charge on any atom is 0.236 e. The predicted octanol–water partition coefficient (Wildman–Crippen LogP) is 2.52. The highest BCUT2D eigenvalue weighted by Crippen LogP contribution is 2.21. The van der Waals surface area contributed by atoms with Crippen molar-refractivity contribution in [3.63, 3.8) is 0 Å². The molecule has 31 heavy (non-hydrogen) atoms. The monoisotopic (exact) mass is 465 g/mol. The number of aromatic nitrogens is 1. The van der Waals surface area contributed by atoms with E-state index in [9.17, 15) is 4.79 Å². The van der Waals surface area contributed by atoms with Crippen molar-refractivity contribution in [1.29, 1.82) is 0 Å². The summed E-state index contributed by atoms with van der Waals surface area (Å²) in [5.74, 6) is 0.246.